The van der Waals surface area contributed by atoms with E-state index in [1.54, 1.807) is 0 Å². The van der Waals surface area contributed by atoms with E-state index in [9.17, 15) is 55.0 Å². The van der Waals surface area contributed by atoms with Crippen molar-refractivity contribution in [2.45, 2.75) is 25.7 Å². The van der Waals surface area contributed by atoms with Crippen LogP contribution in [0.25, 0.3) is 0 Å². The molecule has 1 N–H and O–H groups in total. The van der Waals surface area contributed by atoms with Crippen LogP contribution in [-0.4, -0.2) is 148 Å². The smallest absolute Gasteiger partial charge is 0.748 e. The Morgan fingerprint density at radius 2 is 0.891 bits per heavy atom. The van der Waals surface area contributed by atoms with Gasteiger partial charge >= 0.3 is 89.0 Å². The van der Waals surface area contributed by atoms with Gasteiger partial charge in [-0.2, -0.15) is 23.5 Å². The number of ether oxygens (including phenoxy) is 6. The van der Waals surface area contributed by atoms with E-state index in [0.29, 0.717) is 11.5 Å². The maximum Gasteiger partial charge on any atom is 1.00 e. The van der Waals surface area contributed by atoms with Crippen molar-refractivity contribution in [1.29, 1.82) is 0 Å². The van der Waals surface area contributed by atoms with Crippen molar-refractivity contribution in [3.63, 3.8) is 0 Å². The van der Waals surface area contributed by atoms with Gasteiger partial charge in [-0.1, -0.05) is 19.7 Å². The molecule has 0 aromatic carbocycles. The predicted molar refractivity (Wildman–Crippen MR) is 190 cm³/mol. The topological polar surface area (TPSA) is 275 Å². The van der Waals surface area contributed by atoms with E-state index in [2.05, 4.69) is 19.7 Å². The number of rotatable bonds is 32. The molecule has 0 spiro atoms. The fourth-order valence-electron chi connectivity index (χ4n) is 3.65. The van der Waals surface area contributed by atoms with Gasteiger partial charge in [-0.15, -0.1) is 0 Å². The Kier molecular flexibility index (Phi) is 33.9. The van der Waals surface area contributed by atoms with E-state index in [4.69, 9.17) is 28.4 Å². The summed E-state index contributed by atoms with van der Waals surface area (Å²) < 4.78 is 96.5. The van der Waals surface area contributed by atoms with Crippen molar-refractivity contribution in [3.8, 4) is 0 Å². The molecule has 18 nitrogen and oxygen atoms in total. The molecule has 0 saturated heterocycles. The van der Waals surface area contributed by atoms with Gasteiger partial charge in [0.25, 0.3) is 0 Å². The average molecular weight is 881 g/mol. The third-order valence-electron chi connectivity index (χ3n) is 6.56. The molecule has 0 aliphatic carbocycles. The summed E-state index contributed by atoms with van der Waals surface area (Å²) in [7, 11) is -8.72. The molecule has 0 saturated carbocycles. The van der Waals surface area contributed by atoms with Gasteiger partial charge in [0.15, 0.2) is 0 Å². The molecule has 0 fully saturated rings. The number of hydrogen-bond acceptors (Lipinski definition) is 20. The van der Waals surface area contributed by atoms with Crippen LogP contribution in [0.15, 0.2) is 38.0 Å². The van der Waals surface area contributed by atoms with Crippen molar-refractivity contribution in [2.75, 3.05) is 87.4 Å². The Morgan fingerprint density at radius 3 is 1.20 bits per heavy atom. The summed E-state index contributed by atoms with van der Waals surface area (Å²) in [4.78, 5) is 60.9. The van der Waals surface area contributed by atoms with Gasteiger partial charge in [0.2, 0.25) is 0 Å². The van der Waals surface area contributed by atoms with E-state index in [1.165, 1.54) is 23.5 Å². The van der Waals surface area contributed by atoms with Crippen LogP contribution in [0.5, 0.6) is 0 Å². The molecule has 0 heterocycles. The van der Waals surface area contributed by atoms with Gasteiger partial charge in [0.05, 0.1) is 63.7 Å². The Balaban J connectivity index is -0.0000135. The van der Waals surface area contributed by atoms with Crippen LogP contribution in [-0.2, 0) is 72.6 Å². The molecular formula is C31H46Na2O18S4. The van der Waals surface area contributed by atoms with Crippen LogP contribution in [0.4, 0.5) is 0 Å². The van der Waals surface area contributed by atoms with Crippen molar-refractivity contribution in [2.24, 2.45) is 10.8 Å². The van der Waals surface area contributed by atoms with Gasteiger partial charge in [0, 0.05) is 41.2 Å². The van der Waals surface area contributed by atoms with Crippen LogP contribution in [0.1, 0.15) is 25.7 Å². The Morgan fingerprint density at radius 1 is 0.564 bits per heavy atom. The van der Waals surface area contributed by atoms with Gasteiger partial charge < -0.3 is 42.6 Å². The molecule has 304 valence electrons. The van der Waals surface area contributed by atoms with Crippen LogP contribution in [0.3, 0.4) is 0 Å². The zero-order valence-corrected chi connectivity index (χ0v) is 38.4. The minimum absolute atomic E-state index is 0. The van der Waals surface area contributed by atoms with E-state index in [-0.39, 0.29) is 96.3 Å². The Bertz CT molecular complexity index is 1320. The number of hydrogen-bond donors (Lipinski definition) is 1. The first-order chi connectivity index (χ1) is 24.8. The molecule has 24 heteroatoms. The van der Waals surface area contributed by atoms with E-state index >= 15 is 0 Å². The summed E-state index contributed by atoms with van der Waals surface area (Å²) in [6.07, 6.45) is 2.50. The van der Waals surface area contributed by atoms with Crippen molar-refractivity contribution >= 4 is 73.6 Å². The standard InChI is InChI=1S/C31H48O18S4.2Na/c1-4-25(33)45-22-31(23-46-26(34)5-2,24-47-27(35)6-3)19-44-18-30(17-32,20-48-28(36)9-13-50-11-7-15-52(38,39)40)21-49-29(37)10-14-51-12-8-16-53(41,42)43;;/h4-6,32H,1-3,7-24H2,(H,38,39,40)(H,41,42,43);;/q;2*+1/p-2. The molecule has 0 aromatic rings. The molecule has 0 radical (unpaired) electrons. The second-order valence-electron chi connectivity index (χ2n) is 11.4. The number of aliphatic hydroxyl groups is 1. The zero-order valence-electron chi connectivity index (χ0n) is 31.1. The fourth-order valence-corrected chi connectivity index (χ4v) is 6.74. The molecule has 0 atom stereocenters. The molecule has 0 aliphatic rings. The molecule has 0 rings (SSSR count). The van der Waals surface area contributed by atoms with E-state index < -0.39 is 125 Å². The number of esters is 5. The summed E-state index contributed by atoms with van der Waals surface area (Å²) in [5, 5.41) is 10.5. The van der Waals surface area contributed by atoms with Crippen molar-refractivity contribution in [1.82, 2.24) is 0 Å². The van der Waals surface area contributed by atoms with Crippen molar-refractivity contribution < 1.29 is 143 Å². The number of carbonyl (C=O) groups excluding carboxylic acids is 5. The summed E-state index contributed by atoms with van der Waals surface area (Å²) >= 11 is 2.42. The minimum Gasteiger partial charge on any atom is -0.748 e. The maximum atomic E-state index is 12.5. The van der Waals surface area contributed by atoms with Crippen LogP contribution in [0.2, 0.25) is 0 Å². The first-order valence-electron chi connectivity index (χ1n) is 15.7. The largest absolute Gasteiger partial charge is 1.00 e. The predicted octanol–water partition coefficient (Wildman–Crippen LogP) is -5.63. The number of thioether (sulfide) groups is 2. The molecule has 0 aromatic heterocycles. The normalized spacial score (nSPS) is 11.5. The molecule has 0 amide bonds. The molecule has 55 heavy (non-hydrogen) atoms. The second kappa shape index (κ2) is 31.9. The van der Waals surface area contributed by atoms with Gasteiger partial charge in [-0.3, -0.25) is 9.59 Å². The first-order valence-corrected chi connectivity index (χ1v) is 21.2. The number of aliphatic hydroxyl groups excluding tert-OH is 1. The summed E-state index contributed by atoms with van der Waals surface area (Å²) in [5.41, 5.74) is -3.13. The Hall–Kier alpha value is -0.990. The van der Waals surface area contributed by atoms with E-state index in [0.717, 1.165) is 18.2 Å². The molecule has 0 aliphatic heterocycles. The van der Waals surface area contributed by atoms with Crippen LogP contribution in [0, 0.1) is 10.8 Å². The SMILES string of the molecule is C=CC(=O)OCC(COCC(CO)(COC(=O)CCSCCCS(=O)(=O)[O-])COC(=O)CCSCCCS(=O)(=O)[O-])(COC(=O)C=C)COC(=O)C=C.[Na+].[Na+]. The molecular weight excluding hydrogens is 835 g/mol. The van der Waals surface area contributed by atoms with Gasteiger partial charge in [-0.25, -0.2) is 31.2 Å². The third-order valence-corrected chi connectivity index (χ3v) is 10.3. The minimum atomic E-state index is -4.36. The third kappa shape index (κ3) is 31.7. The fraction of sp³-hybridized carbons (Fsp3) is 0.645. The molecule has 0 unspecified atom stereocenters. The monoisotopic (exact) mass is 880 g/mol. The van der Waals surface area contributed by atoms with Crippen molar-refractivity contribution in [3.05, 3.63) is 38.0 Å². The summed E-state index contributed by atoms with van der Waals surface area (Å²) in [5.74, 6) is -4.14. The summed E-state index contributed by atoms with van der Waals surface area (Å²) in [6, 6.07) is 0. The number of carbonyl (C=O) groups is 5. The van der Waals surface area contributed by atoms with Crippen LogP contribution < -0.4 is 59.1 Å². The summed E-state index contributed by atoms with van der Waals surface area (Å²) in [6.45, 7) is 5.55. The molecule has 0 bridgehead atoms. The zero-order chi connectivity index (χ0) is 40.4. The Labute approximate surface area is 374 Å². The van der Waals surface area contributed by atoms with E-state index in [1.807, 2.05) is 0 Å². The van der Waals surface area contributed by atoms with Gasteiger partial charge in [0.1, 0.15) is 33.0 Å². The first kappa shape index (κ1) is 58.3. The quantitative estimate of drug-likeness (QED) is 0.0165. The second-order valence-corrected chi connectivity index (χ2v) is 16.9. The maximum absolute atomic E-state index is 12.5. The van der Waals surface area contributed by atoms with Crippen LogP contribution >= 0.6 is 23.5 Å². The van der Waals surface area contributed by atoms with Gasteiger partial charge in [-0.05, 0) is 24.3 Å². The average Bonchev–Trinajstić information content (AvgIpc) is 3.11.